The Balaban J connectivity index is 2.96. The van der Waals surface area contributed by atoms with E-state index in [1.54, 1.807) is 26.1 Å². The van der Waals surface area contributed by atoms with E-state index in [1.165, 1.54) is 11.0 Å². The van der Waals surface area contributed by atoms with Crippen LogP contribution in [0.2, 0.25) is 0 Å². The van der Waals surface area contributed by atoms with Gasteiger partial charge in [-0.25, -0.2) is 4.39 Å². The number of amides is 1. The molecule has 82 valence electrons. The third-order valence-electron chi connectivity index (χ3n) is 2.19. The lowest BCUT2D eigenvalue weighted by molar-refractivity contribution is 0.0798. The van der Waals surface area contributed by atoms with Crippen molar-refractivity contribution in [2.45, 2.75) is 6.92 Å². The summed E-state index contributed by atoms with van der Waals surface area (Å²) in [5.41, 5.74) is 0.572. The summed E-state index contributed by atoms with van der Waals surface area (Å²) in [6.45, 7) is 2.04. The van der Waals surface area contributed by atoms with Crippen molar-refractivity contribution in [3.63, 3.8) is 0 Å². The molecule has 1 aromatic carbocycles. The number of nitrogens with zero attached hydrogens (tertiary/aromatic N) is 1. The van der Waals surface area contributed by atoms with Gasteiger partial charge < -0.3 is 4.90 Å². The molecule has 0 radical (unpaired) electrons. The Kier molecular flexibility index (Phi) is 4.09. The van der Waals surface area contributed by atoms with E-state index in [0.29, 0.717) is 18.0 Å². The summed E-state index contributed by atoms with van der Waals surface area (Å²) < 4.78 is 13.6. The van der Waals surface area contributed by atoms with Crippen molar-refractivity contribution in [2.75, 3.05) is 19.5 Å². The quantitative estimate of drug-likeness (QED) is 0.729. The third kappa shape index (κ3) is 2.69. The maximum Gasteiger partial charge on any atom is 0.256 e. The summed E-state index contributed by atoms with van der Waals surface area (Å²) in [5.74, 6) is -0.448. The summed E-state index contributed by atoms with van der Waals surface area (Å²) in [6.07, 6.45) is 0. The first-order valence-corrected chi connectivity index (χ1v) is 5.18. The minimum absolute atomic E-state index is 0.0996. The van der Waals surface area contributed by atoms with Gasteiger partial charge in [-0.05, 0) is 18.6 Å². The average Bonchev–Trinajstić information content (AvgIpc) is 2.21. The smallest absolute Gasteiger partial charge is 0.256 e. The predicted octanol–water partition coefficient (Wildman–Crippen LogP) is 2.44. The van der Waals surface area contributed by atoms with Gasteiger partial charge in [-0.3, -0.25) is 4.79 Å². The van der Waals surface area contributed by atoms with Gasteiger partial charge in [-0.2, -0.15) is 0 Å². The van der Waals surface area contributed by atoms with Crippen molar-refractivity contribution in [3.05, 3.63) is 35.1 Å². The number of hydrogen-bond donors (Lipinski definition) is 0. The molecule has 0 heterocycles. The average molecular weight is 230 g/mol. The molecule has 0 spiro atoms. The Hall–Kier alpha value is -1.09. The fourth-order valence-electron chi connectivity index (χ4n) is 1.25. The predicted molar refractivity (Wildman–Crippen MR) is 58.8 cm³/mol. The zero-order valence-corrected chi connectivity index (χ0v) is 9.51. The SMILES string of the molecule is Cc1cccc(C(=O)N(C)CCCl)c1F. The highest BCUT2D eigenvalue weighted by Crippen LogP contribution is 2.13. The number of hydrogen-bond acceptors (Lipinski definition) is 1. The zero-order chi connectivity index (χ0) is 11.4. The molecule has 0 aliphatic rings. The van der Waals surface area contributed by atoms with Crippen LogP contribution in [0.3, 0.4) is 0 Å². The molecule has 0 aliphatic carbocycles. The van der Waals surface area contributed by atoms with E-state index in [2.05, 4.69) is 0 Å². The number of halogens is 2. The van der Waals surface area contributed by atoms with Gasteiger partial charge >= 0.3 is 0 Å². The van der Waals surface area contributed by atoms with Gasteiger partial charge in [0.15, 0.2) is 0 Å². The van der Waals surface area contributed by atoms with E-state index in [-0.39, 0.29) is 11.5 Å². The molecule has 1 rings (SSSR count). The van der Waals surface area contributed by atoms with Gasteiger partial charge in [0, 0.05) is 19.5 Å². The Labute approximate surface area is 93.6 Å². The highest BCUT2D eigenvalue weighted by molar-refractivity contribution is 6.18. The van der Waals surface area contributed by atoms with Gasteiger partial charge in [0.2, 0.25) is 0 Å². The van der Waals surface area contributed by atoms with E-state index in [0.717, 1.165) is 0 Å². The third-order valence-corrected chi connectivity index (χ3v) is 2.36. The topological polar surface area (TPSA) is 20.3 Å². The summed E-state index contributed by atoms with van der Waals surface area (Å²) in [6, 6.07) is 4.78. The Morgan fingerprint density at radius 2 is 2.20 bits per heavy atom. The van der Waals surface area contributed by atoms with Crippen LogP contribution in [0.15, 0.2) is 18.2 Å². The van der Waals surface area contributed by atoms with Crippen molar-refractivity contribution in [3.8, 4) is 0 Å². The van der Waals surface area contributed by atoms with E-state index < -0.39 is 5.82 Å². The molecular weight excluding hydrogens is 217 g/mol. The molecule has 0 aromatic heterocycles. The first-order valence-electron chi connectivity index (χ1n) is 4.64. The Bertz CT molecular complexity index is 368. The maximum absolute atomic E-state index is 13.6. The highest BCUT2D eigenvalue weighted by Gasteiger charge is 2.16. The molecule has 1 aromatic rings. The van der Waals surface area contributed by atoms with E-state index in [9.17, 15) is 9.18 Å². The van der Waals surface area contributed by atoms with E-state index in [1.807, 2.05) is 0 Å². The molecule has 0 saturated heterocycles. The Morgan fingerprint density at radius 1 is 1.53 bits per heavy atom. The summed E-state index contributed by atoms with van der Waals surface area (Å²) in [4.78, 5) is 13.1. The van der Waals surface area contributed by atoms with Gasteiger partial charge in [0.1, 0.15) is 5.82 Å². The molecule has 4 heteroatoms. The normalized spacial score (nSPS) is 10.1. The molecule has 0 atom stereocenters. The minimum atomic E-state index is -0.455. The van der Waals surface area contributed by atoms with Crippen LogP contribution in [0.1, 0.15) is 15.9 Å². The van der Waals surface area contributed by atoms with Crippen LogP contribution in [0.4, 0.5) is 4.39 Å². The second-order valence-corrected chi connectivity index (χ2v) is 3.73. The first kappa shape index (κ1) is 12.0. The largest absolute Gasteiger partial charge is 0.340 e. The van der Waals surface area contributed by atoms with Crippen LogP contribution in [0.25, 0.3) is 0 Å². The first-order chi connectivity index (χ1) is 7.07. The number of carbonyl (C=O) groups excluding carboxylic acids is 1. The van der Waals surface area contributed by atoms with Gasteiger partial charge in [-0.1, -0.05) is 12.1 Å². The maximum atomic E-state index is 13.6. The van der Waals surface area contributed by atoms with Crippen LogP contribution in [-0.4, -0.2) is 30.3 Å². The number of aryl methyl sites for hydroxylation is 1. The summed E-state index contributed by atoms with van der Waals surface area (Å²) >= 11 is 5.51. The molecule has 0 fully saturated rings. The number of alkyl halides is 1. The van der Waals surface area contributed by atoms with Crippen LogP contribution < -0.4 is 0 Å². The monoisotopic (exact) mass is 229 g/mol. The number of benzene rings is 1. The van der Waals surface area contributed by atoms with Gasteiger partial charge in [0.05, 0.1) is 5.56 Å². The molecular formula is C11H13ClFNO. The van der Waals surface area contributed by atoms with Crippen LogP contribution in [0.5, 0.6) is 0 Å². The molecule has 2 nitrogen and oxygen atoms in total. The second-order valence-electron chi connectivity index (χ2n) is 3.35. The molecule has 0 N–H and O–H groups in total. The van der Waals surface area contributed by atoms with Gasteiger partial charge in [0.25, 0.3) is 5.91 Å². The van der Waals surface area contributed by atoms with Crippen molar-refractivity contribution < 1.29 is 9.18 Å². The number of carbonyl (C=O) groups is 1. The van der Waals surface area contributed by atoms with E-state index >= 15 is 0 Å². The summed E-state index contributed by atoms with van der Waals surface area (Å²) in [7, 11) is 1.60. The molecule has 1 amide bonds. The van der Waals surface area contributed by atoms with Crippen LogP contribution >= 0.6 is 11.6 Å². The van der Waals surface area contributed by atoms with Crippen molar-refractivity contribution >= 4 is 17.5 Å². The molecule has 0 aliphatic heterocycles. The fraction of sp³-hybridized carbons (Fsp3) is 0.364. The Morgan fingerprint density at radius 3 is 2.80 bits per heavy atom. The second kappa shape index (κ2) is 5.12. The lowest BCUT2D eigenvalue weighted by Gasteiger charge is -2.16. The van der Waals surface area contributed by atoms with Gasteiger partial charge in [-0.15, -0.1) is 11.6 Å². The van der Waals surface area contributed by atoms with Crippen molar-refractivity contribution in [1.82, 2.24) is 4.90 Å². The lowest BCUT2D eigenvalue weighted by atomic mass is 10.1. The summed E-state index contributed by atoms with van der Waals surface area (Å²) in [5, 5.41) is 0. The van der Waals surface area contributed by atoms with Crippen molar-refractivity contribution in [1.29, 1.82) is 0 Å². The fourth-order valence-corrected chi connectivity index (χ4v) is 1.50. The van der Waals surface area contributed by atoms with Crippen molar-refractivity contribution in [2.24, 2.45) is 0 Å². The van der Waals surface area contributed by atoms with Crippen LogP contribution in [-0.2, 0) is 0 Å². The standard InChI is InChI=1S/C11H13ClFNO/c1-8-4-3-5-9(10(8)13)11(15)14(2)7-6-12/h3-5H,6-7H2,1-2H3. The molecule has 15 heavy (non-hydrogen) atoms. The number of rotatable bonds is 3. The molecule has 0 saturated carbocycles. The molecule has 0 bridgehead atoms. The zero-order valence-electron chi connectivity index (χ0n) is 8.76. The van der Waals surface area contributed by atoms with E-state index in [4.69, 9.17) is 11.6 Å². The molecule has 0 unspecified atom stereocenters. The highest BCUT2D eigenvalue weighted by atomic mass is 35.5. The van der Waals surface area contributed by atoms with Crippen LogP contribution in [0, 0.1) is 12.7 Å². The lowest BCUT2D eigenvalue weighted by Crippen LogP contribution is -2.29. The minimum Gasteiger partial charge on any atom is -0.340 e.